The number of halogens is 1. The van der Waals surface area contributed by atoms with Gasteiger partial charge in [0.15, 0.2) is 0 Å². The van der Waals surface area contributed by atoms with Crippen LogP contribution in [0.3, 0.4) is 0 Å². The Hall–Kier alpha value is -3.06. The Labute approximate surface area is 188 Å². The van der Waals surface area contributed by atoms with Crippen molar-refractivity contribution in [1.82, 2.24) is 14.8 Å². The number of hydrogen-bond acceptors (Lipinski definition) is 4. The molecule has 0 unspecified atom stereocenters. The van der Waals surface area contributed by atoms with Crippen LogP contribution in [0, 0.1) is 19.7 Å². The Morgan fingerprint density at radius 3 is 2.44 bits per heavy atom. The first-order valence-corrected chi connectivity index (χ1v) is 11.2. The van der Waals surface area contributed by atoms with Gasteiger partial charge in [-0.05, 0) is 50.2 Å². The van der Waals surface area contributed by atoms with E-state index < -0.39 is 0 Å². The summed E-state index contributed by atoms with van der Waals surface area (Å²) < 4.78 is 20.8. The highest BCUT2D eigenvalue weighted by Crippen LogP contribution is 2.32. The van der Waals surface area contributed by atoms with E-state index in [-0.39, 0.29) is 11.7 Å². The van der Waals surface area contributed by atoms with Crippen molar-refractivity contribution >= 4 is 11.6 Å². The van der Waals surface area contributed by atoms with E-state index in [9.17, 15) is 9.18 Å². The molecule has 0 atom stereocenters. The average Bonchev–Trinajstić information content (AvgIpc) is 3.40. The van der Waals surface area contributed by atoms with Crippen molar-refractivity contribution in [2.75, 3.05) is 37.6 Å². The Morgan fingerprint density at radius 1 is 1.09 bits per heavy atom. The lowest BCUT2D eigenvalue weighted by Gasteiger charge is -2.36. The van der Waals surface area contributed by atoms with E-state index in [4.69, 9.17) is 4.42 Å². The Morgan fingerprint density at radius 2 is 1.81 bits per heavy atom. The van der Waals surface area contributed by atoms with Gasteiger partial charge in [-0.2, -0.15) is 0 Å². The summed E-state index contributed by atoms with van der Waals surface area (Å²) in [6.45, 7) is 12.1. The van der Waals surface area contributed by atoms with Crippen LogP contribution in [-0.4, -0.2) is 48.1 Å². The molecule has 0 saturated carbocycles. The number of rotatable bonds is 7. The number of piperazine rings is 1. The van der Waals surface area contributed by atoms with Gasteiger partial charge in [0.25, 0.3) is 5.91 Å². The number of carbonyl (C=O) groups excluding carboxylic acids is 1. The lowest BCUT2D eigenvalue weighted by molar-refractivity contribution is 0.0938. The molecule has 0 aliphatic carbocycles. The van der Waals surface area contributed by atoms with Gasteiger partial charge in [0.05, 0.1) is 18.5 Å². The van der Waals surface area contributed by atoms with E-state index in [1.165, 1.54) is 12.1 Å². The largest absolute Gasteiger partial charge is 0.467 e. The molecular weight excluding hydrogens is 407 g/mol. The van der Waals surface area contributed by atoms with Crippen LogP contribution in [-0.2, 0) is 13.1 Å². The van der Waals surface area contributed by atoms with Crippen molar-refractivity contribution in [3.05, 3.63) is 76.8 Å². The van der Waals surface area contributed by atoms with Crippen molar-refractivity contribution in [2.24, 2.45) is 0 Å². The smallest absolute Gasteiger partial charge is 0.268 e. The third-order valence-electron chi connectivity index (χ3n) is 6.34. The molecule has 1 fully saturated rings. The van der Waals surface area contributed by atoms with Gasteiger partial charge in [0.1, 0.15) is 17.3 Å². The summed E-state index contributed by atoms with van der Waals surface area (Å²) in [5.41, 5.74) is 4.76. The predicted octanol–water partition coefficient (Wildman–Crippen LogP) is 3.96. The summed E-state index contributed by atoms with van der Waals surface area (Å²) in [7, 11) is 0. The second kappa shape index (κ2) is 9.61. The molecule has 0 bridgehead atoms. The number of amides is 1. The maximum atomic E-state index is 13.4. The van der Waals surface area contributed by atoms with Crippen molar-refractivity contribution in [1.29, 1.82) is 0 Å². The number of nitrogens with zero attached hydrogens (tertiary/aromatic N) is 3. The average molecular weight is 439 g/mol. The summed E-state index contributed by atoms with van der Waals surface area (Å²) in [5.74, 6) is 0.308. The maximum absolute atomic E-state index is 13.4. The number of furan rings is 1. The Bertz CT molecular complexity index is 1050. The van der Waals surface area contributed by atoms with Crippen molar-refractivity contribution in [3.8, 4) is 0 Å². The first kappa shape index (κ1) is 22.1. The van der Waals surface area contributed by atoms with E-state index in [0.717, 1.165) is 55.2 Å². The highest BCUT2D eigenvalue weighted by atomic mass is 19.1. The summed E-state index contributed by atoms with van der Waals surface area (Å²) in [5, 5.41) is 3.00. The van der Waals surface area contributed by atoms with Gasteiger partial charge in [0.2, 0.25) is 0 Å². The normalized spacial score (nSPS) is 14.7. The molecule has 32 heavy (non-hydrogen) atoms. The zero-order valence-corrected chi connectivity index (χ0v) is 19.0. The van der Waals surface area contributed by atoms with Crippen LogP contribution >= 0.6 is 0 Å². The second-order valence-electron chi connectivity index (χ2n) is 8.30. The summed E-state index contributed by atoms with van der Waals surface area (Å²) in [4.78, 5) is 18.1. The Kier molecular flexibility index (Phi) is 6.65. The van der Waals surface area contributed by atoms with Crippen LogP contribution in [0.2, 0.25) is 0 Å². The van der Waals surface area contributed by atoms with Crippen molar-refractivity contribution in [3.63, 3.8) is 0 Å². The molecule has 1 aliphatic heterocycles. The molecule has 1 saturated heterocycles. The van der Waals surface area contributed by atoms with Crippen LogP contribution in [0.1, 0.15) is 40.0 Å². The molecule has 4 rings (SSSR count). The summed E-state index contributed by atoms with van der Waals surface area (Å²) >= 11 is 0. The van der Waals surface area contributed by atoms with Gasteiger partial charge in [-0.25, -0.2) is 4.39 Å². The minimum atomic E-state index is -0.264. The molecule has 3 heterocycles. The van der Waals surface area contributed by atoms with Gasteiger partial charge in [0, 0.05) is 44.0 Å². The second-order valence-corrected chi connectivity index (χ2v) is 8.30. The first-order chi connectivity index (χ1) is 15.5. The molecule has 0 spiro atoms. The van der Waals surface area contributed by atoms with E-state index >= 15 is 0 Å². The van der Waals surface area contributed by atoms with Gasteiger partial charge in [-0.15, -0.1) is 0 Å². The number of carbonyl (C=O) groups is 1. The molecule has 6 nitrogen and oxygen atoms in total. The molecular formula is C25H31FN4O2. The third kappa shape index (κ3) is 4.58. The minimum absolute atomic E-state index is 0.137. The molecule has 1 amide bonds. The lowest BCUT2D eigenvalue weighted by Crippen LogP contribution is -2.46. The van der Waals surface area contributed by atoms with Crippen LogP contribution in [0.15, 0.2) is 47.1 Å². The van der Waals surface area contributed by atoms with Gasteiger partial charge < -0.3 is 24.1 Å². The van der Waals surface area contributed by atoms with E-state index in [2.05, 4.69) is 33.5 Å². The van der Waals surface area contributed by atoms with Gasteiger partial charge in [-0.3, -0.25) is 4.79 Å². The standard InChI is InChI=1S/C25H31FN4O2/c1-4-28-11-13-29(14-12-28)23-18(2)24(25(31)27-16-22-6-5-15-32-22)30(19(23)3)17-20-7-9-21(26)10-8-20/h5-10,15H,4,11-14,16-17H2,1-3H3,(H,27,31). The number of hydrogen-bond donors (Lipinski definition) is 1. The van der Waals surface area contributed by atoms with Crippen LogP contribution < -0.4 is 10.2 Å². The van der Waals surface area contributed by atoms with Crippen LogP contribution in [0.4, 0.5) is 10.1 Å². The number of nitrogens with one attached hydrogen (secondary N) is 1. The fourth-order valence-electron chi connectivity index (χ4n) is 4.56. The molecule has 1 N–H and O–H groups in total. The van der Waals surface area contributed by atoms with Gasteiger partial charge in [-0.1, -0.05) is 19.1 Å². The molecule has 3 aromatic rings. The number of likely N-dealkylation sites (N-methyl/N-ethyl adjacent to an activating group) is 1. The third-order valence-corrected chi connectivity index (χ3v) is 6.34. The number of benzene rings is 1. The van der Waals surface area contributed by atoms with Crippen LogP contribution in [0.25, 0.3) is 0 Å². The van der Waals surface area contributed by atoms with Crippen molar-refractivity contribution in [2.45, 2.75) is 33.9 Å². The number of anilines is 1. The van der Waals surface area contributed by atoms with E-state index in [0.29, 0.717) is 24.5 Å². The zero-order chi connectivity index (χ0) is 22.7. The maximum Gasteiger partial charge on any atom is 0.268 e. The van der Waals surface area contributed by atoms with E-state index in [1.54, 1.807) is 18.4 Å². The molecule has 0 radical (unpaired) electrons. The summed E-state index contributed by atoms with van der Waals surface area (Å²) in [6, 6.07) is 10.1. The molecule has 170 valence electrons. The van der Waals surface area contributed by atoms with Gasteiger partial charge >= 0.3 is 0 Å². The topological polar surface area (TPSA) is 53.6 Å². The Balaban J connectivity index is 1.66. The fraction of sp³-hybridized carbons (Fsp3) is 0.400. The SMILES string of the molecule is CCN1CCN(c2c(C)c(C(=O)NCc3ccco3)n(Cc3ccc(F)cc3)c2C)CC1. The van der Waals surface area contributed by atoms with Crippen molar-refractivity contribution < 1.29 is 13.6 Å². The minimum Gasteiger partial charge on any atom is -0.467 e. The monoisotopic (exact) mass is 438 g/mol. The quantitative estimate of drug-likeness (QED) is 0.607. The fourth-order valence-corrected chi connectivity index (χ4v) is 4.56. The lowest BCUT2D eigenvalue weighted by atomic mass is 10.1. The molecule has 1 aromatic carbocycles. The molecule has 2 aromatic heterocycles. The summed E-state index contributed by atoms with van der Waals surface area (Å²) in [6.07, 6.45) is 1.60. The molecule has 1 aliphatic rings. The van der Waals surface area contributed by atoms with Crippen LogP contribution in [0.5, 0.6) is 0 Å². The first-order valence-electron chi connectivity index (χ1n) is 11.2. The highest BCUT2D eigenvalue weighted by Gasteiger charge is 2.27. The zero-order valence-electron chi connectivity index (χ0n) is 19.0. The predicted molar refractivity (Wildman–Crippen MR) is 124 cm³/mol. The molecule has 7 heteroatoms. The van der Waals surface area contributed by atoms with E-state index in [1.807, 2.05) is 19.1 Å². The highest BCUT2D eigenvalue weighted by molar-refractivity contribution is 5.96. The number of aromatic nitrogens is 1.